The minimum atomic E-state index is -0.284. The summed E-state index contributed by atoms with van der Waals surface area (Å²) in [5, 5.41) is 8.10. The molecule has 0 N–H and O–H groups in total. The Labute approximate surface area is 133 Å². The van der Waals surface area contributed by atoms with Crippen molar-refractivity contribution in [3.63, 3.8) is 0 Å². The summed E-state index contributed by atoms with van der Waals surface area (Å²) in [4.78, 5) is 11.3. The number of hydrogen-bond acceptors (Lipinski definition) is 3. The number of rotatable bonds is 5. The molecule has 0 spiro atoms. The molecule has 3 rings (SSSR count). The Bertz CT molecular complexity index is 797. The van der Waals surface area contributed by atoms with Gasteiger partial charge in [0.2, 0.25) is 0 Å². The smallest absolute Gasteiger partial charge is 0.172 e. The number of carbonyl (C=O) groups is 1. The molecule has 1 unspecified atom stereocenters. The van der Waals surface area contributed by atoms with E-state index < -0.39 is 0 Å². The molecule has 23 heavy (non-hydrogen) atoms. The highest BCUT2D eigenvalue weighted by atomic mass is 19.1. The van der Waals surface area contributed by atoms with Crippen molar-refractivity contribution in [2.45, 2.75) is 19.4 Å². The van der Waals surface area contributed by atoms with Crippen LogP contribution < -0.4 is 0 Å². The van der Waals surface area contributed by atoms with Crippen LogP contribution in [0.25, 0.3) is 0 Å². The number of nitrogens with zero attached hydrogens (tertiary/aromatic N) is 3. The Kier molecular flexibility index (Phi) is 4.28. The maximum atomic E-state index is 13.1. The average Bonchev–Trinajstić information content (AvgIpc) is 2.99. The predicted molar refractivity (Wildman–Crippen MR) is 84.9 cm³/mol. The van der Waals surface area contributed by atoms with Crippen LogP contribution in [0.5, 0.6) is 0 Å². The topological polar surface area (TPSA) is 47.8 Å². The zero-order valence-corrected chi connectivity index (χ0v) is 12.7. The monoisotopic (exact) mass is 309 g/mol. The van der Waals surface area contributed by atoms with Crippen molar-refractivity contribution in [2.24, 2.45) is 0 Å². The second-order valence-electron chi connectivity index (χ2n) is 5.37. The normalized spacial score (nSPS) is 12.1. The highest BCUT2D eigenvalue weighted by molar-refractivity contribution is 5.73. The lowest BCUT2D eigenvalue weighted by molar-refractivity contribution is 0.111. The van der Waals surface area contributed by atoms with Gasteiger partial charge in [-0.3, -0.25) is 4.79 Å². The number of aromatic nitrogens is 3. The molecule has 0 aliphatic heterocycles. The van der Waals surface area contributed by atoms with Crippen LogP contribution in [0.4, 0.5) is 4.39 Å². The molecule has 2 aromatic carbocycles. The van der Waals surface area contributed by atoms with Crippen LogP contribution >= 0.6 is 0 Å². The van der Waals surface area contributed by atoms with Crippen molar-refractivity contribution >= 4 is 6.29 Å². The molecule has 1 aromatic heterocycles. The molecule has 0 amide bonds. The Balaban J connectivity index is 1.97. The summed E-state index contributed by atoms with van der Waals surface area (Å²) in [7, 11) is 0. The third-order valence-corrected chi connectivity index (χ3v) is 3.87. The number of aldehydes is 1. The molecule has 0 bridgehead atoms. The van der Waals surface area contributed by atoms with Crippen molar-refractivity contribution < 1.29 is 9.18 Å². The molecular weight excluding hydrogens is 293 g/mol. The number of benzene rings is 2. The van der Waals surface area contributed by atoms with E-state index in [1.54, 1.807) is 16.8 Å². The van der Waals surface area contributed by atoms with Crippen LogP contribution in [0.3, 0.4) is 0 Å². The molecule has 5 heteroatoms. The second-order valence-corrected chi connectivity index (χ2v) is 5.37. The quantitative estimate of drug-likeness (QED) is 0.678. The van der Waals surface area contributed by atoms with Crippen molar-refractivity contribution in [1.82, 2.24) is 15.0 Å². The fraction of sp³-hybridized carbons (Fsp3) is 0.167. The van der Waals surface area contributed by atoms with Crippen LogP contribution in [0.2, 0.25) is 0 Å². The van der Waals surface area contributed by atoms with Gasteiger partial charge in [-0.2, -0.15) is 0 Å². The van der Waals surface area contributed by atoms with E-state index in [0.29, 0.717) is 18.4 Å². The van der Waals surface area contributed by atoms with Crippen LogP contribution in [-0.4, -0.2) is 21.3 Å². The van der Waals surface area contributed by atoms with Gasteiger partial charge in [0.05, 0.1) is 11.7 Å². The SMILES string of the molecule is CC(c1ccccc1)n1nnc(C=O)c1Cc1ccc(F)cc1. The van der Waals surface area contributed by atoms with E-state index in [0.717, 1.165) is 16.8 Å². The van der Waals surface area contributed by atoms with E-state index in [1.807, 2.05) is 37.3 Å². The first-order valence-electron chi connectivity index (χ1n) is 7.37. The minimum absolute atomic E-state index is 0.0483. The standard InChI is InChI=1S/C18H16FN3O/c1-13(15-5-3-2-4-6-15)22-18(17(12-23)20-21-22)11-14-7-9-16(19)10-8-14/h2-10,12-13H,11H2,1H3. The van der Waals surface area contributed by atoms with Crippen LogP contribution in [0.1, 0.15) is 40.3 Å². The summed E-state index contributed by atoms with van der Waals surface area (Å²) >= 11 is 0. The summed E-state index contributed by atoms with van der Waals surface area (Å²) in [6.07, 6.45) is 1.18. The molecule has 0 saturated heterocycles. The molecule has 3 aromatic rings. The van der Waals surface area contributed by atoms with Crippen molar-refractivity contribution in [3.8, 4) is 0 Å². The van der Waals surface area contributed by atoms with Crippen LogP contribution in [0.15, 0.2) is 54.6 Å². The van der Waals surface area contributed by atoms with Gasteiger partial charge in [0, 0.05) is 6.42 Å². The van der Waals surface area contributed by atoms with Gasteiger partial charge in [-0.1, -0.05) is 47.7 Å². The molecule has 0 fully saturated rings. The first-order chi connectivity index (χ1) is 11.2. The fourth-order valence-electron chi connectivity index (χ4n) is 2.57. The lowest BCUT2D eigenvalue weighted by atomic mass is 10.1. The van der Waals surface area contributed by atoms with E-state index in [2.05, 4.69) is 10.3 Å². The summed E-state index contributed by atoms with van der Waals surface area (Å²) < 4.78 is 14.8. The van der Waals surface area contributed by atoms with Gasteiger partial charge in [0.25, 0.3) is 0 Å². The van der Waals surface area contributed by atoms with Gasteiger partial charge < -0.3 is 0 Å². The number of carbonyl (C=O) groups excluding carboxylic acids is 1. The molecule has 0 aliphatic carbocycles. The first kappa shape index (κ1) is 15.1. The third kappa shape index (κ3) is 3.18. The highest BCUT2D eigenvalue weighted by Gasteiger charge is 2.18. The van der Waals surface area contributed by atoms with Gasteiger partial charge in [0.1, 0.15) is 11.5 Å². The summed E-state index contributed by atoms with van der Waals surface area (Å²) in [6, 6.07) is 16.1. The van der Waals surface area contributed by atoms with Gasteiger partial charge in [0.15, 0.2) is 6.29 Å². The predicted octanol–water partition coefficient (Wildman–Crippen LogP) is 3.43. The van der Waals surface area contributed by atoms with Gasteiger partial charge in [-0.05, 0) is 30.2 Å². The third-order valence-electron chi connectivity index (χ3n) is 3.87. The fourth-order valence-corrected chi connectivity index (χ4v) is 2.57. The first-order valence-corrected chi connectivity index (χ1v) is 7.37. The minimum Gasteiger partial charge on any atom is -0.296 e. The molecule has 0 saturated carbocycles. The lowest BCUT2D eigenvalue weighted by Crippen LogP contribution is -2.13. The second kappa shape index (κ2) is 6.52. The lowest BCUT2D eigenvalue weighted by Gasteiger charge is -2.15. The summed E-state index contributed by atoms with van der Waals surface area (Å²) in [6.45, 7) is 2.01. The Hall–Kier alpha value is -2.82. The maximum Gasteiger partial charge on any atom is 0.172 e. The van der Waals surface area contributed by atoms with Gasteiger partial charge in [-0.25, -0.2) is 9.07 Å². The summed E-state index contributed by atoms with van der Waals surface area (Å²) in [5.41, 5.74) is 3.02. The average molecular weight is 309 g/mol. The van der Waals surface area contributed by atoms with Crippen molar-refractivity contribution in [1.29, 1.82) is 0 Å². The van der Waals surface area contributed by atoms with Crippen molar-refractivity contribution in [2.75, 3.05) is 0 Å². The van der Waals surface area contributed by atoms with E-state index in [1.165, 1.54) is 12.1 Å². The Morgan fingerprint density at radius 2 is 1.83 bits per heavy atom. The largest absolute Gasteiger partial charge is 0.296 e. The van der Waals surface area contributed by atoms with E-state index in [4.69, 9.17) is 0 Å². The molecule has 0 radical (unpaired) electrons. The maximum absolute atomic E-state index is 13.1. The highest BCUT2D eigenvalue weighted by Crippen LogP contribution is 2.21. The molecular formula is C18H16FN3O. The molecule has 0 aliphatic rings. The zero-order chi connectivity index (χ0) is 16.2. The number of halogens is 1. The van der Waals surface area contributed by atoms with Crippen molar-refractivity contribution in [3.05, 3.63) is 82.9 Å². The van der Waals surface area contributed by atoms with Crippen LogP contribution in [0, 0.1) is 5.82 Å². The summed E-state index contributed by atoms with van der Waals surface area (Å²) in [5.74, 6) is -0.284. The zero-order valence-electron chi connectivity index (χ0n) is 12.7. The molecule has 4 nitrogen and oxygen atoms in total. The van der Waals surface area contributed by atoms with Crippen LogP contribution in [-0.2, 0) is 6.42 Å². The molecule has 1 heterocycles. The Morgan fingerprint density at radius 1 is 1.13 bits per heavy atom. The van der Waals surface area contributed by atoms with Gasteiger partial charge >= 0.3 is 0 Å². The van der Waals surface area contributed by atoms with Gasteiger partial charge in [-0.15, -0.1) is 5.10 Å². The Morgan fingerprint density at radius 3 is 2.48 bits per heavy atom. The molecule has 1 atom stereocenters. The van der Waals surface area contributed by atoms with E-state index in [-0.39, 0.29) is 11.9 Å². The molecule has 116 valence electrons. The number of hydrogen-bond donors (Lipinski definition) is 0. The van der Waals surface area contributed by atoms with E-state index in [9.17, 15) is 9.18 Å². The van der Waals surface area contributed by atoms with E-state index >= 15 is 0 Å².